The largest absolute Gasteiger partial charge is 0.480 e. The van der Waals surface area contributed by atoms with Crippen LogP contribution in [0, 0.1) is 0 Å². The number of nitrogens with one attached hydrogen (secondary N) is 1. The first-order valence-corrected chi connectivity index (χ1v) is 18.2. The highest BCUT2D eigenvalue weighted by atomic mass is 31.2. The smallest absolute Gasteiger partial charge is 0.472 e. The highest BCUT2D eigenvalue weighted by Gasteiger charge is 2.28. The number of phosphoric acid groups is 1. The molecule has 3 unspecified atom stereocenters. The summed E-state index contributed by atoms with van der Waals surface area (Å²) in [6.07, 6.45) is 23.7. The van der Waals surface area contributed by atoms with Crippen molar-refractivity contribution in [1.29, 1.82) is 0 Å². The maximum absolute atomic E-state index is 12.0. The normalized spacial score (nSPS) is 14.3. The average molecular weight is 650 g/mol. The minimum absolute atomic E-state index is 0.132. The van der Waals surface area contributed by atoms with Crippen LogP contribution in [0.15, 0.2) is 12.2 Å². The molecule has 0 aromatic heterocycles. The van der Waals surface area contributed by atoms with Crippen molar-refractivity contribution in [2.75, 3.05) is 19.8 Å². The zero-order chi connectivity index (χ0) is 32.9. The Morgan fingerprint density at radius 3 is 1.75 bits per heavy atom. The summed E-state index contributed by atoms with van der Waals surface area (Å²) in [5.74, 6) is -2.41. The topological polar surface area (TPSA) is 169 Å². The van der Waals surface area contributed by atoms with E-state index in [1.54, 1.807) is 0 Å². The second kappa shape index (κ2) is 28.7. The van der Waals surface area contributed by atoms with Gasteiger partial charge in [0.2, 0.25) is 5.91 Å². The number of allylic oxidation sites excluding steroid dienone is 2. The van der Waals surface area contributed by atoms with Crippen molar-refractivity contribution in [2.24, 2.45) is 0 Å². The van der Waals surface area contributed by atoms with E-state index < -0.39 is 57.6 Å². The number of aliphatic hydroxyl groups is 1. The molecule has 11 nitrogen and oxygen atoms in total. The van der Waals surface area contributed by atoms with Crippen LogP contribution in [0.4, 0.5) is 0 Å². The third-order valence-corrected chi connectivity index (χ3v) is 8.01. The predicted octanol–water partition coefficient (Wildman–Crippen LogP) is 6.99. The highest BCUT2D eigenvalue weighted by molar-refractivity contribution is 7.47. The summed E-state index contributed by atoms with van der Waals surface area (Å²) >= 11 is 0. The molecule has 0 rings (SSSR count). The molecule has 4 N–H and O–H groups in total. The van der Waals surface area contributed by atoms with Gasteiger partial charge in [-0.15, -0.1) is 0 Å². The average Bonchev–Trinajstić information content (AvgIpc) is 2.98. The Morgan fingerprint density at radius 2 is 1.18 bits per heavy atom. The standard InChI is InChI=1S/C32H60NO10P/c1-3-5-7-8-9-10-11-12-13-14-15-16-17-18-19-20-22-24-31(36)41-25-28(34)26-42-44(39,40)43-27-29(32(37)38)33-30(35)23-21-6-4-2/h12-13,28-29,34H,3-11,14-27H2,1-2H3,(H,33,35)(H,37,38)(H,39,40)/b13-12-. The summed E-state index contributed by atoms with van der Waals surface area (Å²) in [4.78, 5) is 44.9. The zero-order valence-corrected chi connectivity index (χ0v) is 28.1. The number of aliphatic hydroxyl groups excluding tert-OH is 1. The number of carbonyl (C=O) groups excluding carboxylic acids is 2. The number of carboxylic acids is 1. The lowest BCUT2D eigenvalue weighted by atomic mass is 10.1. The Balaban J connectivity index is 3.84. The molecular formula is C32H60NO10P. The Kier molecular flexibility index (Phi) is 27.5. The third-order valence-electron chi connectivity index (χ3n) is 7.05. The van der Waals surface area contributed by atoms with Gasteiger partial charge in [-0.1, -0.05) is 103 Å². The molecular weight excluding hydrogens is 589 g/mol. The quantitative estimate of drug-likeness (QED) is 0.0266. The fraction of sp³-hybridized carbons (Fsp3) is 0.844. The lowest BCUT2D eigenvalue weighted by Gasteiger charge is -2.18. The van der Waals surface area contributed by atoms with E-state index in [4.69, 9.17) is 4.74 Å². The first kappa shape index (κ1) is 42.2. The van der Waals surface area contributed by atoms with E-state index in [0.29, 0.717) is 12.8 Å². The van der Waals surface area contributed by atoms with Crippen molar-refractivity contribution >= 4 is 25.7 Å². The molecule has 0 radical (unpaired) electrons. The lowest BCUT2D eigenvalue weighted by molar-refractivity contribution is -0.147. The Labute approximate surface area is 265 Å². The van der Waals surface area contributed by atoms with Crippen molar-refractivity contribution in [3.8, 4) is 0 Å². The van der Waals surface area contributed by atoms with Crippen LogP contribution in [0.2, 0.25) is 0 Å². The summed E-state index contributed by atoms with van der Waals surface area (Å²) in [6.45, 7) is 2.32. The van der Waals surface area contributed by atoms with E-state index >= 15 is 0 Å². The van der Waals surface area contributed by atoms with Crippen molar-refractivity contribution in [3.63, 3.8) is 0 Å². The van der Waals surface area contributed by atoms with Gasteiger partial charge in [-0.2, -0.15) is 0 Å². The molecule has 0 spiro atoms. The van der Waals surface area contributed by atoms with E-state index in [1.165, 1.54) is 64.2 Å². The van der Waals surface area contributed by atoms with Gasteiger partial charge in [-0.05, 0) is 38.5 Å². The fourth-order valence-corrected chi connectivity index (χ4v) is 5.14. The second-order valence-corrected chi connectivity index (χ2v) is 12.8. The maximum Gasteiger partial charge on any atom is 0.472 e. The second-order valence-electron chi connectivity index (χ2n) is 11.4. The molecule has 0 aromatic rings. The molecule has 44 heavy (non-hydrogen) atoms. The summed E-state index contributed by atoms with van der Waals surface area (Å²) in [7, 11) is -4.72. The van der Waals surface area contributed by atoms with Crippen LogP contribution >= 0.6 is 7.82 Å². The van der Waals surface area contributed by atoms with Crippen molar-refractivity contribution in [2.45, 2.75) is 154 Å². The van der Waals surface area contributed by atoms with Gasteiger partial charge in [0.25, 0.3) is 0 Å². The number of carboxylic acid groups (broad SMARTS) is 1. The van der Waals surface area contributed by atoms with E-state index in [2.05, 4.69) is 33.4 Å². The number of amides is 1. The summed E-state index contributed by atoms with van der Waals surface area (Å²) < 4.78 is 26.4. The van der Waals surface area contributed by atoms with Crippen LogP contribution in [0.25, 0.3) is 0 Å². The van der Waals surface area contributed by atoms with Crippen molar-refractivity contribution in [1.82, 2.24) is 5.32 Å². The van der Waals surface area contributed by atoms with E-state index in [0.717, 1.165) is 38.5 Å². The van der Waals surface area contributed by atoms with E-state index in [-0.39, 0.29) is 12.8 Å². The lowest BCUT2D eigenvalue weighted by Crippen LogP contribution is -2.43. The number of hydrogen-bond donors (Lipinski definition) is 4. The molecule has 3 atom stereocenters. The molecule has 0 aliphatic rings. The SMILES string of the molecule is CCCCCCCC/C=C\CCCCCCCCCC(=O)OCC(O)COP(=O)(O)OCC(NC(=O)CCCCC)C(=O)O. The highest BCUT2D eigenvalue weighted by Crippen LogP contribution is 2.43. The molecule has 0 saturated carbocycles. The minimum Gasteiger partial charge on any atom is -0.480 e. The number of hydrogen-bond acceptors (Lipinski definition) is 8. The monoisotopic (exact) mass is 649 g/mol. The van der Waals surface area contributed by atoms with Gasteiger partial charge in [0, 0.05) is 12.8 Å². The maximum atomic E-state index is 12.0. The summed E-state index contributed by atoms with van der Waals surface area (Å²) in [5, 5.41) is 21.4. The van der Waals surface area contributed by atoms with Crippen LogP contribution in [0.1, 0.15) is 142 Å². The number of aliphatic carboxylic acids is 1. The molecule has 0 aliphatic carbocycles. The molecule has 0 aromatic carbocycles. The first-order chi connectivity index (χ1) is 21.1. The number of esters is 1. The zero-order valence-electron chi connectivity index (χ0n) is 27.2. The van der Waals surface area contributed by atoms with Gasteiger partial charge in [-0.25, -0.2) is 9.36 Å². The van der Waals surface area contributed by atoms with E-state index in [9.17, 15) is 34.1 Å². The Morgan fingerprint density at radius 1 is 0.705 bits per heavy atom. The molecule has 258 valence electrons. The third kappa shape index (κ3) is 27.7. The number of ether oxygens (including phenoxy) is 1. The first-order valence-electron chi connectivity index (χ1n) is 16.7. The summed E-state index contributed by atoms with van der Waals surface area (Å²) in [5.41, 5.74) is 0. The van der Waals surface area contributed by atoms with Crippen LogP contribution in [-0.2, 0) is 32.7 Å². The van der Waals surface area contributed by atoms with Crippen LogP contribution in [0.5, 0.6) is 0 Å². The number of carbonyl (C=O) groups is 3. The van der Waals surface area contributed by atoms with Crippen LogP contribution < -0.4 is 5.32 Å². The van der Waals surface area contributed by atoms with Gasteiger partial charge in [0.15, 0.2) is 6.04 Å². The molecule has 0 bridgehead atoms. The molecule has 12 heteroatoms. The van der Waals surface area contributed by atoms with Gasteiger partial charge < -0.3 is 25.2 Å². The number of unbranched alkanes of at least 4 members (excludes halogenated alkanes) is 15. The molecule has 0 saturated heterocycles. The van der Waals surface area contributed by atoms with Crippen LogP contribution in [0.3, 0.4) is 0 Å². The molecule has 0 aliphatic heterocycles. The predicted molar refractivity (Wildman–Crippen MR) is 171 cm³/mol. The van der Waals surface area contributed by atoms with Gasteiger partial charge in [-0.3, -0.25) is 18.6 Å². The molecule has 0 fully saturated rings. The van der Waals surface area contributed by atoms with Crippen molar-refractivity contribution in [3.05, 3.63) is 12.2 Å². The molecule has 1 amide bonds. The minimum atomic E-state index is -4.72. The fourth-order valence-electron chi connectivity index (χ4n) is 4.37. The number of phosphoric ester groups is 1. The molecule has 0 heterocycles. The van der Waals surface area contributed by atoms with Gasteiger partial charge in [0.05, 0.1) is 13.2 Å². The van der Waals surface area contributed by atoms with E-state index in [1.807, 2.05) is 6.92 Å². The van der Waals surface area contributed by atoms with Crippen molar-refractivity contribution < 1.29 is 47.8 Å². The Hall–Kier alpha value is -1.78. The van der Waals surface area contributed by atoms with Gasteiger partial charge >= 0.3 is 19.8 Å². The summed E-state index contributed by atoms with van der Waals surface area (Å²) in [6, 6.07) is -1.54. The Bertz CT molecular complexity index is 823. The number of rotatable bonds is 31. The van der Waals surface area contributed by atoms with Crippen LogP contribution in [-0.4, -0.2) is 64.9 Å². The van der Waals surface area contributed by atoms with Gasteiger partial charge in [0.1, 0.15) is 12.7 Å².